The Morgan fingerprint density at radius 2 is 2.23 bits per heavy atom. The van der Waals surface area contributed by atoms with Crippen LogP contribution in [0, 0.1) is 5.92 Å². The van der Waals surface area contributed by atoms with Crippen LogP contribution < -0.4 is 10.6 Å². The number of imidazole rings is 1. The number of piperidine rings is 1. The Kier molecular flexibility index (Phi) is 4.85. The molecular formula is C17H22N4O. The molecule has 3 rings (SSSR count). The molecule has 116 valence electrons. The number of rotatable bonds is 5. The van der Waals surface area contributed by atoms with E-state index in [2.05, 4.69) is 15.6 Å². The molecule has 2 aromatic rings. The van der Waals surface area contributed by atoms with Crippen LogP contribution in [0.5, 0.6) is 0 Å². The number of hydrogen-bond donors (Lipinski definition) is 2. The van der Waals surface area contributed by atoms with E-state index >= 15 is 0 Å². The van der Waals surface area contributed by atoms with E-state index in [0.717, 1.165) is 31.7 Å². The van der Waals surface area contributed by atoms with Crippen LogP contribution in [0.25, 0.3) is 5.69 Å². The van der Waals surface area contributed by atoms with Gasteiger partial charge in [-0.25, -0.2) is 4.98 Å². The van der Waals surface area contributed by atoms with Crippen molar-refractivity contribution in [3.05, 3.63) is 48.5 Å². The fourth-order valence-electron chi connectivity index (χ4n) is 2.86. The number of nitrogens with zero attached hydrogens (tertiary/aromatic N) is 2. The van der Waals surface area contributed by atoms with Gasteiger partial charge >= 0.3 is 0 Å². The quantitative estimate of drug-likeness (QED) is 0.887. The molecule has 1 aliphatic heterocycles. The average molecular weight is 298 g/mol. The molecule has 1 aliphatic rings. The fraction of sp³-hybridized carbons (Fsp3) is 0.412. The molecule has 5 heteroatoms. The molecule has 0 saturated carbocycles. The fourth-order valence-corrected chi connectivity index (χ4v) is 2.86. The van der Waals surface area contributed by atoms with Gasteiger partial charge in [0.05, 0.1) is 6.33 Å². The van der Waals surface area contributed by atoms with Gasteiger partial charge < -0.3 is 15.2 Å². The summed E-state index contributed by atoms with van der Waals surface area (Å²) in [6.07, 6.45) is 8.92. The van der Waals surface area contributed by atoms with Gasteiger partial charge in [-0.05, 0) is 62.5 Å². The third-order valence-corrected chi connectivity index (χ3v) is 4.17. The first-order chi connectivity index (χ1) is 10.8. The zero-order chi connectivity index (χ0) is 15.2. The van der Waals surface area contributed by atoms with Crippen molar-refractivity contribution >= 4 is 5.91 Å². The lowest BCUT2D eigenvalue weighted by atomic mass is 9.96. The van der Waals surface area contributed by atoms with Gasteiger partial charge in [0.15, 0.2) is 0 Å². The Bertz CT molecular complexity index is 586. The highest BCUT2D eigenvalue weighted by Gasteiger charge is 2.13. The Hall–Kier alpha value is -2.14. The van der Waals surface area contributed by atoms with Crippen molar-refractivity contribution in [1.82, 2.24) is 20.2 Å². The van der Waals surface area contributed by atoms with Crippen LogP contribution in [-0.4, -0.2) is 35.1 Å². The summed E-state index contributed by atoms with van der Waals surface area (Å²) in [5.74, 6) is 0.693. The monoisotopic (exact) mass is 298 g/mol. The second-order valence-corrected chi connectivity index (χ2v) is 5.77. The smallest absolute Gasteiger partial charge is 0.251 e. The molecule has 5 nitrogen and oxygen atoms in total. The van der Waals surface area contributed by atoms with E-state index < -0.39 is 0 Å². The van der Waals surface area contributed by atoms with Crippen LogP contribution in [-0.2, 0) is 0 Å². The normalized spacial score (nSPS) is 18.1. The molecule has 1 atom stereocenters. The van der Waals surface area contributed by atoms with Crippen molar-refractivity contribution in [2.24, 2.45) is 5.92 Å². The summed E-state index contributed by atoms with van der Waals surface area (Å²) >= 11 is 0. The molecule has 2 N–H and O–H groups in total. The van der Waals surface area contributed by atoms with Crippen molar-refractivity contribution in [2.75, 3.05) is 19.6 Å². The van der Waals surface area contributed by atoms with E-state index in [-0.39, 0.29) is 5.91 Å². The van der Waals surface area contributed by atoms with Crippen LogP contribution in [0.15, 0.2) is 43.0 Å². The summed E-state index contributed by atoms with van der Waals surface area (Å²) in [5, 5.41) is 6.42. The minimum Gasteiger partial charge on any atom is -0.352 e. The van der Waals surface area contributed by atoms with Crippen LogP contribution in [0.3, 0.4) is 0 Å². The van der Waals surface area contributed by atoms with Crippen molar-refractivity contribution in [3.63, 3.8) is 0 Å². The summed E-state index contributed by atoms with van der Waals surface area (Å²) < 4.78 is 1.91. The Balaban J connectivity index is 1.49. The molecule has 0 bridgehead atoms. The number of hydrogen-bond acceptors (Lipinski definition) is 3. The van der Waals surface area contributed by atoms with Crippen molar-refractivity contribution in [2.45, 2.75) is 19.3 Å². The highest BCUT2D eigenvalue weighted by atomic mass is 16.1. The van der Waals surface area contributed by atoms with E-state index in [0.29, 0.717) is 11.5 Å². The van der Waals surface area contributed by atoms with Gasteiger partial charge in [0.2, 0.25) is 0 Å². The second kappa shape index (κ2) is 7.22. The maximum Gasteiger partial charge on any atom is 0.251 e. The maximum absolute atomic E-state index is 12.1. The first-order valence-electron chi connectivity index (χ1n) is 7.90. The SMILES string of the molecule is O=C(NCCC1CCCNC1)c1ccc(-n2ccnc2)cc1. The van der Waals surface area contributed by atoms with Crippen LogP contribution in [0.4, 0.5) is 0 Å². The molecule has 0 spiro atoms. The minimum absolute atomic E-state index is 0.000879. The highest BCUT2D eigenvalue weighted by molar-refractivity contribution is 5.94. The zero-order valence-electron chi connectivity index (χ0n) is 12.7. The summed E-state index contributed by atoms with van der Waals surface area (Å²) in [4.78, 5) is 16.2. The van der Waals surface area contributed by atoms with Crippen LogP contribution >= 0.6 is 0 Å². The lowest BCUT2D eigenvalue weighted by Gasteiger charge is -2.22. The molecule has 1 saturated heterocycles. The molecule has 22 heavy (non-hydrogen) atoms. The second-order valence-electron chi connectivity index (χ2n) is 5.77. The van der Waals surface area contributed by atoms with Gasteiger partial charge in [-0.3, -0.25) is 4.79 Å². The molecule has 2 heterocycles. The molecule has 1 aromatic carbocycles. The first kappa shape index (κ1) is 14.8. The van der Waals surface area contributed by atoms with Gasteiger partial charge in [0.25, 0.3) is 5.91 Å². The predicted octanol–water partition coefficient (Wildman–Crippen LogP) is 1.99. The third kappa shape index (κ3) is 3.74. The summed E-state index contributed by atoms with van der Waals surface area (Å²) in [5.41, 5.74) is 1.70. The summed E-state index contributed by atoms with van der Waals surface area (Å²) in [6.45, 7) is 2.95. The molecule has 1 amide bonds. The zero-order valence-corrected chi connectivity index (χ0v) is 12.7. The van der Waals surface area contributed by atoms with Gasteiger partial charge in [-0.1, -0.05) is 0 Å². The van der Waals surface area contributed by atoms with Crippen molar-refractivity contribution in [3.8, 4) is 5.69 Å². The van der Waals surface area contributed by atoms with E-state index in [9.17, 15) is 4.79 Å². The molecular weight excluding hydrogens is 276 g/mol. The number of carbonyl (C=O) groups excluding carboxylic acids is 1. The van der Waals surface area contributed by atoms with E-state index in [4.69, 9.17) is 0 Å². The number of nitrogens with one attached hydrogen (secondary N) is 2. The van der Waals surface area contributed by atoms with Gasteiger partial charge in [0.1, 0.15) is 0 Å². The number of amides is 1. The number of carbonyl (C=O) groups is 1. The highest BCUT2D eigenvalue weighted by Crippen LogP contribution is 2.13. The van der Waals surface area contributed by atoms with E-state index in [1.54, 1.807) is 12.5 Å². The standard InChI is InChI=1S/C17H22N4O/c22-17(20-9-7-14-2-1-8-18-12-14)15-3-5-16(6-4-15)21-11-10-19-13-21/h3-6,10-11,13-14,18H,1-2,7-9,12H2,(H,20,22). The first-order valence-corrected chi connectivity index (χ1v) is 7.90. The minimum atomic E-state index is 0.000879. The molecule has 1 aromatic heterocycles. The van der Waals surface area contributed by atoms with Gasteiger partial charge in [-0.15, -0.1) is 0 Å². The van der Waals surface area contributed by atoms with Gasteiger partial charge in [0, 0.05) is 30.2 Å². The van der Waals surface area contributed by atoms with Crippen molar-refractivity contribution in [1.29, 1.82) is 0 Å². The van der Waals surface area contributed by atoms with E-state index in [1.165, 1.54) is 12.8 Å². The number of aromatic nitrogens is 2. The maximum atomic E-state index is 12.1. The molecule has 0 aliphatic carbocycles. The van der Waals surface area contributed by atoms with Gasteiger partial charge in [-0.2, -0.15) is 0 Å². The molecule has 1 fully saturated rings. The third-order valence-electron chi connectivity index (χ3n) is 4.17. The Morgan fingerprint density at radius 3 is 2.91 bits per heavy atom. The molecule has 1 unspecified atom stereocenters. The van der Waals surface area contributed by atoms with Crippen molar-refractivity contribution < 1.29 is 4.79 Å². The van der Waals surface area contributed by atoms with Crippen LogP contribution in [0.1, 0.15) is 29.6 Å². The van der Waals surface area contributed by atoms with E-state index in [1.807, 2.05) is 35.0 Å². The summed E-state index contributed by atoms with van der Waals surface area (Å²) in [7, 11) is 0. The Labute approximate surface area is 130 Å². The molecule has 0 radical (unpaired) electrons. The lowest BCUT2D eigenvalue weighted by molar-refractivity contribution is 0.0950. The Morgan fingerprint density at radius 1 is 1.36 bits per heavy atom. The topological polar surface area (TPSA) is 59.0 Å². The largest absolute Gasteiger partial charge is 0.352 e. The number of benzene rings is 1. The van der Waals surface area contributed by atoms with Crippen LogP contribution in [0.2, 0.25) is 0 Å². The average Bonchev–Trinajstić information content (AvgIpc) is 3.10. The summed E-state index contributed by atoms with van der Waals surface area (Å²) in [6, 6.07) is 7.57. The lowest BCUT2D eigenvalue weighted by Crippen LogP contribution is -2.33. The predicted molar refractivity (Wildman–Crippen MR) is 86.1 cm³/mol.